The Balaban J connectivity index is 1.32. The molecule has 0 unspecified atom stereocenters. The SMILES string of the molecule is O=C(O)c1ccc(-c2cnn3cc(-c4ccc(OCCN5CCCCC5)cc4)cnc23)cc1C(=O)O. The van der Waals surface area contributed by atoms with Gasteiger partial charge in [0.15, 0.2) is 5.65 Å². The molecule has 1 aliphatic rings. The number of carbonyl (C=O) groups is 2. The number of aromatic nitrogens is 3. The van der Waals surface area contributed by atoms with E-state index in [1.54, 1.807) is 23.0 Å². The van der Waals surface area contributed by atoms with Crippen molar-refractivity contribution in [2.24, 2.45) is 0 Å². The lowest BCUT2D eigenvalue weighted by atomic mass is 10.0. The van der Waals surface area contributed by atoms with Gasteiger partial charge < -0.3 is 14.9 Å². The molecular weight excluding hydrogens is 460 g/mol. The third-order valence-corrected chi connectivity index (χ3v) is 6.46. The zero-order valence-corrected chi connectivity index (χ0v) is 19.6. The number of likely N-dealkylation sites (tertiary alicyclic amines) is 1. The van der Waals surface area contributed by atoms with Crippen LogP contribution in [0.2, 0.25) is 0 Å². The van der Waals surface area contributed by atoms with Crippen LogP contribution in [0.1, 0.15) is 40.0 Å². The molecule has 1 aliphatic heterocycles. The molecule has 4 aromatic rings. The van der Waals surface area contributed by atoms with E-state index in [1.165, 1.54) is 31.4 Å². The Morgan fingerprint density at radius 1 is 0.861 bits per heavy atom. The van der Waals surface area contributed by atoms with E-state index < -0.39 is 11.9 Å². The number of carboxylic acids is 2. The standard InChI is InChI=1S/C27H26N4O5/c32-26(33)22-9-6-19(14-23(22)27(34)35)24-16-29-31-17-20(15-28-25(24)31)18-4-7-21(8-5-18)36-13-12-30-10-2-1-3-11-30/h4-9,14-17H,1-3,10-13H2,(H,32,33)(H,34,35). The molecule has 0 saturated carbocycles. The van der Waals surface area contributed by atoms with Crippen LogP contribution in [-0.2, 0) is 0 Å². The van der Waals surface area contributed by atoms with E-state index >= 15 is 0 Å². The molecule has 0 bridgehead atoms. The van der Waals surface area contributed by atoms with Crippen LogP contribution in [0.25, 0.3) is 27.9 Å². The summed E-state index contributed by atoms with van der Waals surface area (Å²) < 4.78 is 7.54. The minimum atomic E-state index is -1.31. The number of piperidine rings is 1. The highest BCUT2D eigenvalue weighted by atomic mass is 16.5. The van der Waals surface area contributed by atoms with Crippen LogP contribution in [0.15, 0.2) is 61.1 Å². The predicted molar refractivity (Wildman–Crippen MR) is 134 cm³/mol. The third-order valence-electron chi connectivity index (χ3n) is 6.46. The molecular formula is C27H26N4O5. The molecule has 2 aromatic carbocycles. The van der Waals surface area contributed by atoms with Gasteiger partial charge in [-0.2, -0.15) is 5.10 Å². The molecule has 184 valence electrons. The lowest BCUT2D eigenvalue weighted by Gasteiger charge is -2.26. The molecule has 0 spiro atoms. The van der Waals surface area contributed by atoms with Gasteiger partial charge in [-0.05, 0) is 61.3 Å². The molecule has 0 aliphatic carbocycles. The molecule has 0 atom stereocenters. The van der Waals surface area contributed by atoms with Gasteiger partial charge in [0.05, 0.1) is 17.3 Å². The highest BCUT2D eigenvalue weighted by Gasteiger charge is 2.18. The van der Waals surface area contributed by atoms with Crippen LogP contribution in [0.5, 0.6) is 5.75 Å². The number of benzene rings is 2. The summed E-state index contributed by atoms with van der Waals surface area (Å²) in [7, 11) is 0. The summed E-state index contributed by atoms with van der Waals surface area (Å²) in [5.74, 6) is -1.77. The lowest BCUT2D eigenvalue weighted by molar-refractivity contribution is 0.0651. The minimum Gasteiger partial charge on any atom is -0.492 e. The quantitative estimate of drug-likeness (QED) is 0.378. The van der Waals surface area contributed by atoms with Crippen LogP contribution in [0, 0.1) is 0 Å². The largest absolute Gasteiger partial charge is 0.492 e. The van der Waals surface area contributed by atoms with E-state index in [9.17, 15) is 19.8 Å². The first-order valence-corrected chi connectivity index (χ1v) is 11.9. The predicted octanol–water partition coefficient (Wildman–Crippen LogP) is 4.32. The van der Waals surface area contributed by atoms with Crippen LogP contribution in [0.3, 0.4) is 0 Å². The van der Waals surface area contributed by atoms with Crippen molar-refractivity contribution in [1.82, 2.24) is 19.5 Å². The van der Waals surface area contributed by atoms with Crippen LogP contribution >= 0.6 is 0 Å². The number of hydrogen-bond acceptors (Lipinski definition) is 6. The molecule has 0 radical (unpaired) electrons. The molecule has 2 N–H and O–H groups in total. The first-order chi connectivity index (χ1) is 17.5. The van der Waals surface area contributed by atoms with Crippen molar-refractivity contribution in [3.63, 3.8) is 0 Å². The van der Waals surface area contributed by atoms with Crippen molar-refractivity contribution in [1.29, 1.82) is 0 Å². The average molecular weight is 487 g/mol. The Kier molecular flexibility index (Phi) is 6.64. The topological polar surface area (TPSA) is 117 Å². The van der Waals surface area contributed by atoms with Gasteiger partial charge in [-0.25, -0.2) is 19.1 Å². The van der Waals surface area contributed by atoms with Crippen LogP contribution in [-0.4, -0.2) is 67.9 Å². The average Bonchev–Trinajstić information content (AvgIpc) is 3.32. The molecule has 9 heteroatoms. The fourth-order valence-corrected chi connectivity index (χ4v) is 4.52. The van der Waals surface area contributed by atoms with E-state index in [2.05, 4.69) is 15.0 Å². The maximum Gasteiger partial charge on any atom is 0.336 e. The number of rotatable bonds is 8. The van der Waals surface area contributed by atoms with Crippen molar-refractivity contribution in [3.05, 3.63) is 72.2 Å². The molecule has 5 rings (SSSR count). The number of nitrogens with zero attached hydrogens (tertiary/aromatic N) is 4. The van der Waals surface area contributed by atoms with E-state index in [1.807, 2.05) is 30.5 Å². The van der Waals surface area contributed by atoms with Crippen molar-refractivity contribution in [2.75, 3.05) is 26.2 Å². The zero-order valence-electron chi connectivity index (χ0n) is 19.6. The van der Waals surface area contributed by atoms with E-state index in [-0.39, 0.29) is 11.1 Å². The van der Waals surface area contributed by atoms with Gasteiger partial charge in [0.25, 0.3) is 0 Å². The Morgan fingerprint density at radius 2 is 1.58 bits per heavy atom. The van der Waals surface area contributed by atoms with Crippen molar-refractivity contribution < 1.29 is 24.5 Å². The maximum absolute atomic E-state index is 11.6. The maximum atomic E-state index is 11.6. The number of fused-ring (bicyclic) bond motifs is 1. The lowest BCUT2D eigenvalue weighted by Crippen LogP contribution is -2.33. The fourth-order valence-electron chi connectivity index (χ4n) is 4.52. The first kappa shape index (κ1) is 23.5. The fraction of sp³-hybridized carbons (Fsp3) is 0.259. The minimum absolute atomic E-state index is 0.267. The molecule has 9 nitrogen and oxygen atoms in total. The Labute approximate surface area is 207 Å². The van der Waals surface area contributed by atoms with Gasteiger partial charge in [-0.1, -0.05) is 24.6 Å². The number of hydrogen-bond donors (Lipinski definition) is 2. The van der Waals surface area contributed by atoms with Gasteiger partial charge in [-0.15, -0.1) is 0 Å². The molecule has 3 heterocycles. The molecule has 1 saturated heterocycles. The summed E-state index contributed by atoms with van der Waals surface area (Å²) in [6, 6.07) is 12.0. The van der Waals surface area contributed by atoms with E-state index in [0.717, 1.165) is 36.5 Å². The summed E-state index contributed by atoms with van der Waals surface area (Å²) in [5, 5.41) is 23.1. The first-order valence-electron chi connectivity index (χ1n) is 11.9. The van der Waals surface area contributed by atoms with Gasteiger partial charge in [0, 0.05) is 30.1 Å². The Bertz CT molecular complexity index is 1410. The Morgan fingerprint density at radius 3 is 2.31 bits per heavy atom. The van der Waals surface area contributed by atoms with Gasteiger partial charge >= 0.3 is 11.9 Å². The summed E-state index contributed by atoms with van der Waals surface area (Å²) in [6.07, 6.45) is 9.03. The molecule has 0 amide bonds. The van der Waals surface area contributed by atoms with Crippen LogP contribution in [0.4, 0.5) is 0 Å². The Hall–Kier alpha value is -4.24. The summed E-state index contributed by atoms with van der Waals surface area (Å²) in [6.45, 7) is 3.92. The number of aromatic carboxylic acids is 2. The highest BCUT2D eigenvalue weighted by molar-refractivity contribution is 6.03. The smallest absolute Gasteiger partial charge is 0.336 e. The van der Waals surface area contributed by atoms with E-state index in [0.29, 0.717) is 23.4 Å². The summed E-state index contributed by atoms with van der Waals surface area (Å²) in [5.41, 5.74) is 2.95. The normalized spacial score (nSPS) is 14.1. The number of ether oxygens (including phenoxy) is 1. The van der Waals surface area contributed by atoms with Crippen molar-refractivity contribution in [2.45, 2.75) is 19.3 Å². The second-order valence-corrected chi connectivity index (χ2v) is 8.81. The van der Waals surface area contributed by atoms with Gasteiger partial charge in [0.2, 0.25) is 0 Å². The zero-order chi connectivity index (χ0) is 25.1. The summed E-state index contributed by atoms with van der Waals surface area (Å²) >= 11 is 0. The molecule has 36 heavy (non-hydrogen) atoms. The third kappa shape index (κ3) is 4.92. The van der Waals surface area contributed by atoms with Crippen molar-refractivity contribution >= 4 is 17.6 Å². The second-order valence-electron chi connectivity index (χ2n) is 8.81. The number of carboxylic acid groups (broad SMARTS) is 2. The van der Waals surface area contributed by atoms with E-state index in [4.69, 9.17) is 4.74 Å². The van der Waals surface area contributed by atoms with Gasteiger partial charge in [0.1, 0.15) is 12.4 Å². The summed E-state index contributed by atoms with van der Waals surface area (Å²) in [4.78, 5) is 29.9. The molecule has 1 fully saturated rings. The van der Waals surface area contributed by atoms with Crippen LogP contribution < -0.4 is 4.74 Å². The monoisotopic (exact) mass is 486 g/mol. The molecule has 2 aromatic heterocycles. The van der Waals surface area contributed by atoms with Crippen molar-refractivity contribution in [3.8, 4) is 28.0 Å². The highest BCUT2D eigenvalue weighted by Crippen LogP contribution is 2.28. The van der Waals surface area contributed by atoms with Gasteiger partial charge in [-0.3, -0.25) is 4.90 Å². The second kappa shape index (κ2) is 10.2.